The monoisotopic (exact) mass is 196 g/mol. The molecule has 1 atom stereocenters. The molecule has 2 N–H and O–H groups in total. The average Bonchev–Trinajstić information content (AvgIpc) is 2.41. The molecule has 0 saturated carbocycles. The van der Waals surface area contributed by atoms with E-state index in [0.29, 0.717) is 0 Å². The fourth-order valence-corrected chi connectivity index (χ4v) is 2.21. The maximum Gasteiger partial charge on any atom is 0.416 e. The molecule has 0 saturated heterocycles. The van der Waals surface area contributed by atoms with Crippen LogP contribution in [0.4, 0.5) is 0 Å². The maximum atomic E-state index is 11.1. The minimum absolute atomic E-state index is 0.160. The molecule has 1 aliphatic rings. The molecule has 1 aromatic rings. The summed E-state index contributed by atoms with van der Waals surface area (Å²) in [6, 6.07) is 0.160. The van der Waals surface area contributed by atoms with Crippen LogP contribution in [0, 0.1) is 5.41 Å². The van der Waals surface area contributed by atoms with Crippen LogP contribution in [0.1, 0.15) is 37.8 Å². The molecular weight excluding hydrogens is 180 g/mol. The number of hydrogen-bond donors (Lipinski definition) is 2. The highest BCUT2D eigenvalue weighted by atomic mass is 16.4. The zero-order valence-electron chi connectivity index (χ0n) is 8.81. The van der Waals surface area contributed by atoms with Crippen LogP contribution in [-0.2, 0) is 6.42 Å². The van der Waals surface area contributed by atoms with Gasteiger partial charge in [0.15, 0.2) is 0 Å². The fraction of sp³-hybridized carbons (Fsp3) is 0.700. The van der Waals surface area contributed by atoms with Crippen molar-refractivity contribution in [3.63, 3.8) is 0 Å². The highest BCUT2D eigenvalue weighted by Gasteiger charge is 2.34. The Morgan fingerprint density at radius 2 is 2.29 bits per heavy atom. The summed E-state index contributed by atoms with van der Waals surface area (Å²) in [5, 5.41) is 3.18. The van der Waals surface area contributed by atoms with E-state index in [1.165, 1.54) is 0 Å². The van der Waals surface area contributed by atoms with Crippen molar-refractivity contribution in [1.82, 2.24) is 10.3 Å². The van der Waals surface area contributed by atoms with Crippen molar-refractivity contribution in [1.29, 1.82) is 0 Å². The third kappa shape index (κ3) is 1.50. The Balaban J connectivity index is 2.45. The Bertz CT molecular complexity index is 389. The molecule has 1 aromatic heterocycles. The van der Waals surface area contributed by atoms with Crippen molar-refractivity contribution < 1.29 is 4.42 Å². The third-order valence-electron chi connectivity index (χ3n) is 2.83. The third-order valence-corrected chi connectivity index (χ3v) is 2.83. The first-order chi connectivity index (χ1) is 6.52. The molecular formula is C10H16N2O2. The molecule has 0 bridgehead atoms. The van der Waals surface area contributed by atoms with Crippen molar-refractivity contribution in [2.75, 3.05) is 7.05 Å². The SMILES string of the molecule is CNC1CC(C)(C)Cc2[nH]c(=O)oc21. The van der Waals surface area contributed by atoms with Gasteiger partial charge in [-0.1, -0.05) is 13.8 Å². The highest BCUT2D eigenvalue weighted by molar-refractivity contribution is 5.18. The molecule has 0 aliphatic heterocycles. The van der Waals surface area contributed by atoms with Crippen LogP contribution in [0.25, 0.3) is 0 Å². The van der Waals surface area contributed by atoms with E-state index in [0.717, 1.165) is 24.3 Å². The molecule has 14 heavy (non-hydrogen) atoms. The molecule has 1 heterocycles. The van der Waals surface area contributed by atoms with Gasteiger partial charge in [-0.3, -0.25) is 4.98 Å². The van der Waals surface area contributed by atoms with Gasteiger partial charge < -0.3 is 9.73 Å². The molecule has 0 amide bonds. The molecule has 4 heteroatoms. The number of rotatable bonds is 1. The minimum atomic E-state index is -0.340. The standard InChI is InChI=1S/C10H16N2O2/c1-10(2)4-6(11-3)8-7(5-10)12-9(13)14-8/h6,11H,4-5H2,1-3H3,(H,12,13). The van der Waals surface area contributed by atoms with Crippen LogP contribution < -0.4 is 11.1 Å². The van der Waals surface area contributed by atoms with Gasteiger partial charge in [0.05, 0.1) is 11.7 Å². The number of aromatic nitrogens is 1. The summed E-state index contributed by atoms with van der Waals surface area (Å²) in [6.45, 7) is 4.40. The summed E-state index contributed by atoms with van der Waals surface area (Å²) in [5.74, 6) is 0.449. The molecule has 1 unspecified atom stereocenters. The van der Waals surface area contributed by atoms with E-state index >= 15 is 0 Å². The average molecular weight is 196 g/mol. The van der Waals surface area contributed by atoms with Gasteiger partial charge >= 0.3 is 5.76 Å². The first-order valence-electron chi connectivity index (χ1n) is 4.91. The first kappa shape index (κ1) is 9.52. The van der Waals surface area contributed by atoms with Gasteiger partial charge in [-0.25, -0.2) is 4.79 Å². The summed E-state index contributed by atoms with van der Waals surface area (Å²) in [6.07, 6.45) is 1.88. The predicted molar refractivity (Wildman–Crippen MR) is 53.2 cm³/mol. The maximum absolute atomic E-state index is 11.1. The summed E-state index contributed by atoms with van der Waals surface area (Å²) < 4.78 is 5.13. The Morgan fingerprint density at radius 1 is 1.57 bits per heavy atom. The number of oxazole rings is 1. The molecule has 1 aliphatic carbocycles. The summed E-state index contributed by atoms with van der Waals surface area (Å²) in [7, 11) is 1.89. The Kier molecular flexibility index (Phi) is 2.03. The van der Waals surface area contributed by atoms with Gasteiger partial charge in [-0.15, -0.1) is 0 Å². The molecule has 78 valence electrons. The molecule has 0 spiro atoms. The predicted octanol–water partition coefficient (Wildman–Crippen LogP) is 1.20. The van der Waals surface area contributed by atoms with Gasteiger partial charge in [0.1, 0.15) is 5.76 Å². The summed E-state index contributed by atoms with van der Waals surface area (Å²) in [4.78, 5) is 13.8. The van der Waals surface area contributed by atoms with Gasteiger partial charge in [-0.05, 0) is 25.3 Å². The lowest BCUT2D eigenvalue weighted by atomic mass is 9.76. The van der Waals surface area contributed by atoms with E-state index < -0.39 is 0 Å². The molecule has 4 nitrogen and oxygen atoms in total. The van der Waals surface area contributed by atoms with Gasteiger partial charge in [-0.2, -0.15) is 0 Å². The van der Waals surface area contributed by atoms with Crippen LogP contribution in [0.15, 0.2) is 9.21 Å². The molecule has 0 aromatic carbocycles. The second-order valence-corrected chi connectivity index (χ2v) is 4.74. The van der Waals surface area contributed by atoms with E-state index in [1.54, 1.807) is 0 Å². The first-order valence-corrected chi connectivity index (χ1v) is 4.91. The molecule has 0 fully saturated rings. The Hall–Kier alpha value is -1.03. The molecule has 0 radical (unpaired) electrons. The van der Waals surface area contributed by atoms with Crippen molar-refractivity contribution in [3.8, 4) is 0 Å². The van der Waals surface area contributed by atoms with Crippen LogP contribution in [-0.4, -0.2) is 12.0 Å². The lowest BCUT2D eigenvalue weighted by molar-refractivity contribution is 0.236. The Labute approximate surface area is 82.7 Å². The van der Waals surface area contributed by atoms with E-state index in [1.807, 2.05) is 7.05 Å². The minimum Gasteiger partial charge on any atom is -0.411 e. The van der Waals surface area contributed by atoms with Crippen molar-refractivity contribution in [2.45, 2.75) is 32.7 Å². The normalized spacial score (nSPS) is 24.6. The van der Waals surface area contributed by atoms with Gasteiger partial charge in [0, 0.05) is 0 Å². The van der Waals surface area contributed by atoms with Crippen LogP contribution in [0.2, 0.25) is 0 Å². The number of fused-ring (bicyclic) bond motifs is 1. The van der Waals surface area contributed by atoms with E-state index in [9.17, 15) is 4.79 Å². The van der Waals surface area contributed by atoms with Crippen molar-refractivity contribution in [2.24, 2.45) is 5.41 Å². The Morgan fingerprint density at radius 3 is 2.93 bits per heavy atom. The van der Waals surface area contributed by atoms with Gasteiger partial charge in [0.25, 0.3) is 0 Å². The number of nitrogens with one attached hydrogen (secondary N) is 2. The topological polar surface area (TPSA) is 58.0 Å². The highest BCUT2D eigenvalue weighted by Crippen LogP contribution is 2.39. The fourth-order valence-electron chi connectivity index (χ4n) is 2.21. The largest absolute Gasteiger partial charge is 0.416 e. The second-order valence-electron chi connectivity index (χ2n) is 4.74. The van der Waals surface area contributed by atoms with Crippen LogP contribution in [0.3, 0.4) is 0 Å². The number of hydrogen-bond acceptors (Lipinski definition) is 3. The van der Waals surface area contributed by atoms with Crippen LogP contribution in [0.5, 0.6) is 0 Å². The number of aromatic amines is 1. The van der Waals surface area contributed by atoms with E-state index in [-0.39, 0.29) is 17.2 Å². The second kappa shape index (κ2) is 2.98. The van der Waals surface area contributed by atoms with Crippen molar-refractivity contribution >= 4 is 0 Å². The quantitative estimate of drug-likeness (QED) is 0.709. The smallest absolute Gasteiger partial charge is 0.411 e. The van der Waals surface area contributed by atoms with E-state index in [4.69, 9.17) is 4.42 Å². The zero-order chi connectivity index (χ0) is 10.3. The van der Waals surface area contributed by atoms with Crippen LogP contribution >= 0.6 is 0 Å². The molecule has 2 rings (SSSR count). The lowest BCUT2D eigenvalue weighted by Gasteiger charge is -2.33. The number of H-pyrrole nitrogens is 1. The zero-order valence-corrected chi connectivity index (χ0v) is 8.81. The van der Waals surface area contributed by atoms with Gasteiger partial charge in [0.2, 0.25) is 0 Å². The van der Waals surface area contributed by atoms with E-state index in [2.05, 4.69) is 24.1 Å². The summed E-state index contributed by atoms with van der Waals surface area (Å²) >= 11 is 0. The lowest BCUT2D eigenvalue weighted by Crippen LogP contribution is -2.31. The summed E-state index contributed by atoms with van der Waals surface area (Å²) in [5.41, 5.74) is 1.17. The van der Waals surface area contributed by atoms with Crippen molar-refractivity contribution in [3.05, 3.63) is 22.0 Å².